The first-order valence-corrected chi connectivity index (χ1v) is 6.62. The Bertz CT molecular complexity index is 401. The zero-order chi connectivity index (χ0) is 12.3. The Morgan fingerprint density at radius 1 is 1.59 bits per heavy atom. The van der Waals surface area contributed by atoms with Gasteiger partial charge in [0, 0.05) is 25.0 Å². The normalized spacial score (nSPS) is 14.6. The molecule has 17 heavy (non-hydrogen) atoms. The van der Waals surface area contributed by atoms with Gasteiger partial charge in [-0.25, -0.2) is 0 Å². The van der Waals surface area contributed by atoms with Crippen LogP contribution in [0.3, 0.4) is 0 Å². The van der Waals surface area contributed by atoms with Crippen molar-refractivity contribution in [2.45, 2.75) is 26.2 Å². The van der Waals surface area contributed by atoms with E-state index in [0.717, 1.165) is 31.1 Å². The summed E-state index contributed by atoms with van der Waals surface area (Å²) in [6, 6.07) is 4.04. The van der Waals surface area contributed by atoms with Gasteiger partial charge in [0.05, 0.1) is 5.69 Å². The van der Waals surface area contributed by atoms with E-state index in [0.29, 0.717) is 4.99 Å². The van der Waals surface area contributed by atoms with Gasteiger partial charge in [0.15, 0.2) is 0 Å². The Labute approximate surface area is 108 Å². The zero-order valence-corrected chi connectivity index (χ0v) is 11.0. The van der Waals surface area contributed by atoms with Crippen LogP contribution in [-0.2, 0) is 0 Å². The minimum atomic E-state index is 0.370. The molecule has 1 aromatic rings. The molecule has 1 aromatic heterocycles. The molecule has 0 unspecified atom stereocenters. The Kier molecular flexibility index (Phi) is 3.94. The molecule has 0 bridgehead atoms. The van der Waals surface area contributed by atoms with Gasteiger partial charge in [0.1, 0.15) is 4.99 Å². The van der Waals surface area contributed by atoms with E-state index in [2.05, 4.69) is 16.8 Å². The lowest BCUT2D eigenvalue weighted by molar-refractivity contribution is 0.707. The number of hydrogen-bond donors (Lipinski definition) is 1. The first-order chi connectivity index (χ1) is 8.20. The summed E-state index contributed by atoms with van der Waals surface area (Å²) < 4.78 is 0. The van der Waals surface area contributed by atoms with E-state index in [1.165, 1.54) is 18.5 Å². The predicted molar refractivity (Wildman–Crippen MR) is 75.4 cm³/mol. The van der Waals surface area contributed by atoms with Crippen molar-refractivity contribution < 1.29 is 0 Å². The number of pyridine rings is 1. The molecular formula is C13H19N3S. The summed E-state index contributed by atoms with van der Waals surface area (Å²) in [7, 11) is 0. The average Bonchev–Trinajstić information content (AvgIpc) is 3.12. The van der Waals surface area contributed by atoms with Gasteiger partial charge in [0.25, 0.3) is 0 Å². The second-order valence-corrected chi connectivity index (χ2v) is 5.09. The van der Waals surface area contributed by atoms with Crippen molar-refractivity contribution in [2.24, 2.45) is 11.7 Å². The summed E-state index contributed by atoms with van der Waals surface area (Å²) in [5, 5.41) is 0. The second-order valence-electron chi connectivity index (χ2n) is 4.65. The van der Waals surface area contributed by atoms with Crippen molar-refractivity contribution in [3.8, 4) is 0 Å². The third-order valence-electron chi connectivity index (χ3n) is 3.03. The molecule has 1 saturated carbocycles. The van der Waals surface area contributed by atoms with Crippen LogP contribution in [0.2, 0.25) is 0 Å². The highest BCUT2D eigenvalue weighted by molar-refractivity contribution is 7.80. The molecule has 0 radical (unpaired) electrons. The maximum atomic E-state index is 5.62. The Morgan fingerprint density at radius 2 is 2.35 bits per heavy atom. The molecule has 1 aliphatic rings. The van der Waals surface area contributed by atoms with Crippen molar-refractivity contribution in [3.05, 3.63) is 24.0 Å². The number of nitrogens with two attached hydrogens (primary N) is 1. The highest BCUT2D eigenvalue weighted by Crippen LogP contribution is 2.31. The van der Waals surface area contributed by atoms with Crippen LogP contribution in [-0.4, -0.2) is 23.1 Å². The monoisotopic (exact) mass is 249 g/mol. The minimum Gasteiger partial charge on any atom is -0.388 e. The maximum absolute atomic E-state index is 5.62. The van der Waals surface area contributed by atoms with Crippen molar-refractivity contribution in [1.82, 2.24) is 4.98 Å². The third kappa shape index (κ3) is 3.40. The van der Waals surface area contributed by atoms with Crippen LogP contribution in [0.15, 0.2) is 18.3 Å². The van der Waals surface area contributed by atoms with Gasteiger partial charge in [-0.05, 0) is 37.3 Å². The molecule has 0 spiro atoms. The third-order valence-corrected chi connectivity index (χ3v) is 3.24. The van der Waals surface area contributed by atoms with E-state index >= 15 is 0 Å². The fourth-order valence-corrected chi connectivity index (χ4v) is 2.07. The number of nitrogens with zero attached hydrogens (tertiary/aromatic N) is 2. The van der Waals surface area contributed by atoms with Gasteiger partial charge in [-0.2, -0.15) is 0 Å². The maximum Gasteiger partial charge on any atom is 0.122 e. The number of hydrogen-bond acceptors (Lipinski definition) is 3. The molecule has 0 aromatic carbocycles. The van der Waals surface area contributed by atoms with Gasteiger partial charge in [-0.1, -0.05) is 19.1 Å². The molecule has 3 nitrogen and oxygen atoms in total. The van der Waals surface area contributed by atoms with Crippen LogP contribution in [0.4, 0.5) is 5.69 Å². The Balaban J connectivity index is 2.15. The summed E-state index contributed by atoms with van der Waals surface area (Å²) >= 11 is 4.97. The number of rotatable bonds is 6. The van der Waals surface area contributed by atoms with Crippen LogP contribution >= 0.6 is 12.2 Å². The first-order valence-electron chi connectivity index (χ1n) is 6.21. The highest BCUT2D eigenvalue weighted by Gasteiger charge is 2.24. The first kappa shape index (κ1) is 12.3. The number of thiocarbonyl (C=S) groups is 1. The average molecular weight is 249 g/mol. The van der Waals surface area contributed by atoms with Gasteiger partial charge >= 0.3 is 0 Å². The number of anilines is 1. The van der Waals surface area contributed by atoms with Crippen LogP contribution in [0.1, 0.15) is 31.9 Å². The van der Waals surface area contributed by atoms with Crippen LogP contribution in [0.5, 0.6) is 0 Å². The highest BCUT2D eigenvalue weighted by atomic mass is 32.1. The van der Waals surface area contributed by atoms with E-state index in [-0.39, 0.29) is 0 Å². The fraction of sp³-hybridized carbons (Fsp3) is 0.538. The smallest absolute Gasteiger partial charge is 0.122 e. The molecule has 0 aliphatic heterocycles. The van der Waals surface area contributed by atoms with Crippen molar-refractivity contribution in [1.29, 1.82) is 0 Å². The van der Waals surface area contributed by atoms with Crippen LogP contribution < -0.4 is 10.6 Å². The van der Waals surface area contributed by atoms with Crippen LogP contribution in [0.25, 0.3) is 0 Å². The molecule has 92 valence electrons. The molecule has 1 heterocycles. The summed E-state index contributed by atoms with van der Waals surface area (Å²) in [6.07, 6.45) is 5.68. The lowest BCUT2D eigenvalue weighted by atomic mass is 10.2. The molecule has 1 aliphatic carbocycles. The summed E-state index contributed by atoms with van der Waals surface area (Å²) in [5.41, 5.74) is 7.53. The van der Waals surface area contributed by atoms with E-state index in [1.54, 1.807) is 6.20 Å². The van der Waals surface area contributed by atoms with Gasteiger partial charge in [-0.3, -0.25) is 4.98 Å². The molecule has 2 rings (SSSR count). The summed E-state index contributed by atoms with van der Waals surface area (Å²) in [6.45, 7) is 4.43. The Morgan fingerprint density at radius 3 is 2.94 bits per heavy atom. The molecule has 2 N–H and O–H groups in total. The molecule has 1 fully saturated rings. The molecular weight excluding hydrogens is 230 g/mol. The standard InChI is InChI=1S/C13H19N3S/c1-2-7-16(9-10-3-4-10)11-5-6-15-12(8-11)13(14)17/h5-6,8,10H,2-4,7,9H2,1H3,(H2,14,17). The van der Waals surface area contributed by atoms with E-state index in [1.807, 2.05) is 12.1 Å². The van der Waals surface area contributed by atoms with Crippen LogP contribution in [0, 0.1) is 5.92 Å². The molecule has 0 saturated heterocycles. The molecule has 0 amide bonds. The molecule has 0 atom stereocenters. The summed E-state index contributed by atoms with van der Waals surface area (Å²) in [5.74, 6) is 0.878. The van der Waals surface area contributed by atoms with Crippen molar-refractivity contribution in [3.63, 3.8) is 0 Å². The van der Waals surface area contributed by atoms with Crippen molar-refractivity contribution in [2.75, 3.05) is 18.0 Å². The minimum absolute atomic E-state index is 0.370. The van der Waals surface area contributed by atoms with Gasteiger partial charge in [-0.15, -0.1) is 0 Å². The molecule has 4 heteroatoms. The zero-order valence-electron chi connectivity index (χ0n) is 10.2. The SMILES string of the molecule is CCCN(CC1CC1)c1ccnc(C(N)=S)c1. The van der Waals surface area contributed by atoms with E-state index in [4.69, 9.17) is 18.0 Å². The predicted octanol–water partition coefficient (Wildman–Crippen LogP) is 2.34. The number of aromatic nitrogens is 1. The van der Waals surface area contributed by atoms with E-state index < -0.39 is 0 Å². The Hall–Kier alpha value is -1.16. The van der Waals surface area contributed by atoms with Crippen molar-refractivity contribution >= 4 is 22.9 Å². The topological polar surface area (TPSA) is 42.2 Å². The lowest BCUT2D eigenvalue weighted by Crippen LogP contribution is -2.27. The van der Waals surface area contributed by atoms with E-state index in [9.17, 15) is 0 Å². The lowest BCUT2D eigenvalue weighted by Gasteiger charge is -2.24. The largest absolute Gasteiger partial charge is 0.388 e. The second kappa shape index (κ2) is 5.45. The summed E-state index contributed by atoms with van der Waals surface area (Å²) in [4.78, 5) is 6.97. The van der Waals surface area contributed by atoms with Gasteiger partial charge in [0.2, 0.25) is 0 Å². The van der Waals surface area contributed by atoms with Gasteiger partial charge < -0.3 is 10.6 Å². The fourth-order valence-electron chi connectivity index (χ4n) is 1.96. The quantitative estimate of drug-likeness (QED) is 0.786.